The van der Waals surface area contributed by atoms with E-state index in [0.717, 1.165) is 22.1 Å². The van der Waals surface area contributed by atoms with Crippen LogP contribution in [0.15, 0.2) is 12.3 Å². The van der Waals surface area contributed by atoms with Crippen molar-refractivity contribution < 1.29 is 9.59 Å². The van der Waals surface area contributed by atoms with Gasteiger partial charge in [0.25, 0.3) is 0 Å². The zero-order valence-corrected chi connectivity index (χ0v) is 11.3. The molecule has 2 radical (unpaired) electrons. The summed E-state index contributed by atoms with van der Waals surface area (Å²) in [6, 6.07) is 1.36. The van der Waals surface area contributed by atoms with E-state index in [1.165, 1.54) is 4.68 Å². The smallest absolute Gasteiger partial charge is 0.340 e. The maximum absolute atomic E-state index is 11.7. The lowest BCUT2D eigenvalue weighted by Crippen LogP contribution is -2.24. The third-order valence-electron chi connectivity index (χ3n) is 3.63. The van der Waals surface area contributed by atoms with Crippen LogP contribution in [0.3, 0.4) is 0 Å². The second-order valence-corrected chi connectivity index (χ2v) is 5.00. The first-order valence-corrected chi connectivity index (χ1v) is 6.27. The number of aromatic nitrogens is 2. The van der Waals surface area contributed by atoms with Gasteiger partial charge in [-0.3, -0.25) is 4.79 Å². The summed E-state index contributed by atoms with van der Waals surface area (Å²) in [7, 11) is 1.73. The first-order valence-electron chi connectivity index (χ1n) is 6.27. The third kappa shape index (κ3) is 1.76. The minimum atomic E-state index is -0.612. The molecule has 0 aliphatic carbocycles. The minimum Gasteiger partial charge on any atom is -0.350 e. The lowest BCUT2D eigenvalue weighted by atomic mass is 9.97. The molecule has 2 heterocycles. The van der Waals surface area contributed by atoms with E-state index >= 15 is 0 Å². The van der Waals surface area contributed by atoms with Crippen LogP contribution in [0.5, 0.6) is 0 Å². The van der Waals surface area contributed by atoms with E-state index in [-0.39, 0.29) is 5.91 Å². The second-order valence-electron chi connectivity index (χ2n) is 5.00. The maximum atomic E-state index is 11.7. The molecule has 6 nitrogen and oxygen atoms in total. The number of aryl methyl sites for hydroxylation is 1. The first kappa shape index (κ1) is 12.7. The van der Waals surface area contributed by atoms with E-state index in [1.54, 1.807) is 18.1 Å². The number of carbonyl (C=O) groups excluding carboxylic acids is 2. The van der Waals surface area contributed by atoms with Crippen LogP contribution < -0.4 is 5.73 Å². The van der Waals surface area contributed by atoms with Gasteiger partial charge in [-0.15, -0.1) is 0 Å². The summed E-state index contributed by atoms with van der Waals surface area (Å²) < 4.78 is 1.20. The average Bonchev–Trinajstić information content (AvgIpc) is 2.79. The number of amides is 2. The van der Waals surface area contributed by atoms with Crippen LogP contribution in [0.4, 0.5) is 4.79 Å². The Morgan fingerprint density at radius 2 is 2.25 bits per heavy atom. The van der Waals surface area contributed by atoms with Crippen molar-refractivity contribution in [2.75, 3.05) is 7.05 Å². The van der Waals surface area contributed by atoms with Crippen molar-refractivity contribution in [1.29, 1.82) is 0 Å². The summed E-state index contributed by atoms with van der Waals surface area (Å²) >= 11 is 0. The van der Waals surface area contributed by atoms with Gasteiger partial charge in [-0.05, 0) is 30.0 Å². The molecule has 102 valence electrons. The molecule has 1 aliphatic heterocycles. The van der Waals surface area contributed by atoms with Crippen LogP contribution in [0.2, 0.25) is 0 Å². The largest absolute Gasteiger partial charge is 0.350 e. The molecule has 2 N–H and O–H groups in total. The van der Waals surface area contributed by atoms with Gasteiger partial charge < -0.3 is 10.6 Å². The highest BCUT2D eigenvalue weighted by atomic mass is 16.2. The Kier molecular flexibility index (Phi) is 2.74. The average molecular weight is 270 g/mol. The number of benzene rings is 1. The summed E-state index contributed by atoms with van der Waals surface area (Å²) in [5.74, 6) is -0.116. The number of nitrogens with zero attached hydrogens (tertiary/aromatic N) is 3. The third-order valence-corrected chi connectivity index (χ3v) is 3.63. The summed E-state index contributed by atoms with van der Waals surface area (Å²) in [5.41, 5.74) is 8.99. The molecule has 2 amide bonds. The van der Waals surface area contributed by atoms with E-state index in [4.69, 9.17) is 5.73 Å². The van der Waals surface area contributed by atoms with E-state index in [0.29, 0.717) is 18.5 Å². The summed E-state index contributed by atoms with van der Waals surface area (Å²) in [5, 5.41) is 4.92. The molecule has 0 bridgehead atoms. The van der Waals surface area contributed by atoms with E-state index in [9.17, 15) is 9.59 Å². The normalized spacial score (nSPS) is 15.3. The zero-order valence-electron chi connectivity index (χ0n) is 11.3. The molecule has 1 aromatic carbocycles. The molecular weight excluding hydrogens is 256 g/mol. The van der Waals surface area contributed by atoms with E-state index in [2.05, 4.69) is 11.5 Å². The predicted octanol–water partition coefficient (Wildman–Crippen LogP) is 0.867. The molecule has 20 heavy (non-hydrogen) atoms. The fraction of sp³-hybridized carbons (Fsp3) is 0.286. The van der Waals surface area contributed by atoms with E-state index in [1.807, 2.05) is 13.0 Å². The highest BCUT2D eigenvalue weighted by Gasteiger charge is 2.23. The van der Waals surface area contributed by atoms with Crippen molar-refractivity contribution in [3.05, 3.63) is 35.4 Å². The summed E-state index contributed by atoms with van der Waals surface area (Å²) in [6.45, 7) is 2.38. The molecule has 2 aromatic rings. The lowest BCUT2D eigenvalue weighted by molar-refractivity contribution is -0.126. The molecule has 3 rings (SSSR count). The van der Waals surface area contributed by atoms with Crippen molar-refractivity contribution in [3.63, 3.8) is 0 Å². The molecule has 0 atom stereocenters. The number of rotatable bonds is 0. The number of primary amides is 1. The Bertz CT molecular complexity index is 732. The number of carbonyl (C=O) groups is 2. The SMILES string of the molecule is Cc1cc2c(c3cnn(C(N)=O)c13)CN(C)C(=O)[C]C2. The van der Waals surface area contributed by atoms with Crippen LogP contribution in [0.1, 0.15) is 16.7 Å². The van der Waals surface area contributed by atoms with Crippen LogP contribution in [-0.2, 0) is 17.8 Å². The maximum Gasteiger partial charge on any atom is 0.340 e. The van der Waals surface area contributed by atoms with Gasteiger partial charge in [0, 0.05) is 19.0 Å². The van der Waals surface area contributed by atoms with Gasteiger partial charge in [-0.25, -0.2) is 4.79 Å². The van der Waals surface area contributed by atoms with Gasteiger partial charge in [0.2, 0.25) is 5.91 Å². The fourth-order valence-corrected chi connectivity index (χ4v) is 2.66. The quantitative estimate of drug-likeness (QED) is 0.771. The standard InChI is InChI=1S/C14H14N4O2/c1-8-5-9-3-4-12(19)17(2)7-11(9)10-6-16-18(13(8)10)14(15)20/h5-6H,3,7H2,1-2H3,(H2,15,20). The Labute approximate surface area is 116 Å². The zero-order chi connectivity index (χ0) is 14.4. The summed E-state index contributed by atoms with van der Waals surface area (Å²) in [6.07, 6.45) is 4.94. The van der Waals surface area contributed by atoms with Gasteiger partial charge >= 0.3 is 6.03 Å². The first-order chi connectivity index (χ1) is 9.49. The Morgan fingerprint density at radius 1 is 1.50 bits per heavy atom. The molecule has 0 saturated carbocycles. The van der Waals surface area contributed by atoms with Gasteiger partial charge in [0.15, 0.2) is 0 Å². The molecule has 6 heteroatoms. The molecule has 1 aromatic heterocycles. The van der Waals surface area contributed by atoms with Crippen LogP contribution in [-0.4, -0.2) is 33.7 Å². The minimum absolute atomic E-state index is 0.116. The van der Waals surface area contributed by atoms with Crippen molar-refractivity contribution in [2.24, 2.45) is 5.73 Å². The number of hydrogen-bond donors (Lipinski definition) is 1. The molecular formula is C14H14N4O2. The second kappa shape index (κ2) is 4.33. The molecule has 0 fully saturated rings. The Morgan fingerprint density at radius 3 is 2.95 bits per heavy atom. The number of nitrogens with two attached hydrogens (primary N) is 1. The van der Waals surface area contributed by atoms with Crippen molar-refractivity contribution in [2.45, 2.75) is 19.9 Å². The highest BCUT2D eigenvalue weighted by Crippen LogP contribution is 2.29. The van der Waals surface area contributed by atoms with Crippen molar-refractivity contribution in [3.8, 4) is 0 Å². The van der Waals surface area contributed by atoms with Crippen LogP contribution >= 0.6 is 0 Å². The predicted molar refractivity (Wildman–Crippen MR) is 72.9 cm³/mol. The lowest BCUT2D eigenvalue weighted by Gasteiger charge is -2.15. The highest BCUT2D eigenvalue weighted by molar-refractivity contribution is 5.95. The van der Waals surface area contributed by atoms with Crippen molar-refractivity contribution >= 4 is 22.8 Å². The molecule has 0 saturated heterocycles. The number of fused-ring (bicyclic) bond motifs is 3. The van der Waals surface area contributed by atoms with Gasteiger partial charge in [0.1, 0.15) is 0 Å². The number of hydrogen-bond acceptors (Lipinski definition) is 3. The van der Waals surface area contributed by atoms with Gasteiger partial charge in [0.05, 0.1) is 18.1 Å². The molecule has 1 aliphatic rings. The fourth-order valence-electron chi connectivity index (χ4n) is 2.66. The van der Waals surface area contributed by atoms with Crippen molar-refractivity contribution in [1.82, 2.24) is 14.7 Å². The summed E-state index contributed by atoms with van der Waals surface area (Å²) in [4.78, 5) is 24.8. The van der Waals surface area contributed by atoms with Crippen LogP contribution in [0.25, 0.3) is 10.9 Å². The van der Waals surface area contributed by atoms with Gasteiger partial charge in [-0.1, -0.05) is 6.07 Å². The van der Waals surface area contributed by atoms with Gasteiger partial charge in [-0.2, -0.15) is 9.78 Å². The van der Waals surface area contributed by atoms with E-state index < -0.39 is 6.03 Å². The topological polar surface area (TPSA) is 81.2 Å². The molecule has 0 spiro atoms. The Balaban J connectivity index is 2.28. The van der Waals surface area contributed by atoms with Crippen LogP contribution in [0, 0.1) is 13.3 Å². The molecule has 0 unspecified atom stereocenters. The Hall–Kier alpha value is -2.37. The monoisotopic (exact) mass is 270 g/mol.